The van der Waals surface area contributed by atoms with Crippen LogP contribution in [0.25, 0.3) is 0 Å². The number of para-hydroxylation sites is 1. The van der Waals surface area contributed by atoms with Crippen LogP contribution in [0.1, 0.15) is 54.7 Å². The molecule has 122 valence electrons. The summed E-state index contributed by atoms with van der Waals surface area (Å²) in [6.45, 7) is 8.60. The summed E-state index contributed by atoms with van der Waals surface area (Å²) in [5, 5.41) is 7.10. The predicted molar refractivity (Wildman–Crippen MR) is 92.0 cm³/mol. The summed E-state index contributed by atoms with van der Waals surface area (Å²) in [6.07, 6.45) is 0.785. The minimum atomic E-state index is -0.300. The molecule has 1 N–H and O–H groups in total. The monoisotopic (exact) mass is 313 g/mol. The van der Waals surface area contributed by atoms with Gasteiger partial charge in [-0.25, -0.2) is 4.68 Å². The van der Waals surface area contributed by atoms with Crippen LogP contribution in [0.5, 0.6) is 0 Å². The molecule has 0 unspecified atom stereocenters. The largest absolute Gasteiger partial charge is 0.320 e. The van der Waals surface area contributed by atoms with Gasteiger partial charge in [0.05, 0.1) is 0 Å². The van der Waals surface area contributed by atoms with Crippen LogP contribution in [-0.2, 0) is 6.54 Å². The fraction of sp³-hybridized carbons (Fsp3) is 0.389. The lowest BCUT2D eigenvalue weighted by atomic mass is 9.98. The number of nitrogens with one attached hydrogen (secondary N) is 1. The predicted octanol–water partition coefficient (Wildman–Crippen LogP) is 3.34. The normalized spacial score (nSPS) is 10.8. The van der Waals surface area contributed by atoms with Crippen molar-refractivity contribution >= 4 is 11.6 Å². The molecular weight excluding hydrogens is 290 g/mol. The number of rotatable bonds is 5. The fourth-order valence-electron chi connectivity index (χ4n) is 2.46. The Kier molecular flexibility index (Phi) is 5.32. The van der Waals surface area contributed by atoms with E-state index in [-0.39, 0.29) is 17.2 Å². The van der Waals surface area contributed by atoms with E-state index < -0.39 is 0 Å². The first-order chi connectivity index (χ1) is 10.9. The highest BCUT2D eigenvalue weighted by Crippen LogP contribution is 2.27. The van der Waals surface area contributed by atoms with E-state index in [2.05, 4.69) is 24.3 Å². The third-order valence-corrected chi connectivity index (χ3v) is 3.70. The third-order valence-electron chi connectivity index (χ3n) is 3.70. The van der Waals surface area contributed by atoms with Crippen LogP contribution in [0.15, 0.2) is 35.1 Å². The Morgan fingerprint density at radius 1 is 1.26 bits per heavy atom. The lowest BCUT2D eigenvalue weighted by molar-refractivity contribution is 0.101. The molecule has 0 aliphatic carbocycles. The Morgan fingerprint density at radius 2 is 2.00 bits per heavy atom. The van der Waals surface area contributed by atoms with E-state index in [9.17, 15) is 9.59 Å². The highest BCUT2D eigenvalue weighted by molar-refractivity contribution is 6.03. The van der Waals surface area contributed by atoms with Crippen LogP contribution < -0.4 is 10.9 Å². The number of amides is 1. The summed E-state index contributed by atoms with van der Waals surface area (Å²) >= 11 is 0. The summed E-state index contributed by atoms with van der Waals surface area (Å²) in [5.41, 5.74) is 2.97. The van der Waals surface area contributed by atoms with Gasteiger partial charge in [-0.1, -0.05) is 39.0 Å². The summed E-state index contributed by atoms with van der Waals surface area (Å²) in [6, 6.07) is 8.82. The molecule has 5 heteroatoms. The minimum absolute atomic E-state index is 0.192. The van der Waals surface area contributed by atoms with E-state index in [0.717, 1.165) is 23.2 Å². The molecule has 0 bridgehead atoms. The second-order valence-electron chi connectivity index (χ2n) is 5.93. The summed E-state index contributed by atoms with van der Waals surface area (Å²) in [7, 11) is 0. The smallest absolute Gasteiger partial charge is 0.276 e. The summed E-state index contributed by atoms with van der Waals surface area (Å²) < 4.78 is 1.33. The quantitative estimate of drug-likeness (QED) is 0.921. The second kappa shape index (κ2) is 7.22. The number of aryl methyl sites for hydroxylation is 2. The Morgan fingerprint density at radius 3 is 2.65 bits per heavy atom. The molecule has 0 aliphatic rings. The van der Waals surface area contributed by atoms with E-state index >= 15 is 0 Å². The Bertz CT molecular complexity index is 763. The molecule has 1 aromatic carbocycles. The van der Waals surface area contributed by atoms with Gasteiger partial charge in [-0.3, -0.25) is 9.59 Å². The summed E-state index contributed by atoms with van der Waals surface area (Å²) in [5.74, 6) is -0.00161. The number of anilines is 1. The topological polar surface area (TPSA) is 64.0 Å². The highest BCUT2D eigenvalue weighted by atomic mass is 16.2. The number of benzene rings is 1. The SMILES string of the molecule is CCCn1nc(C(=O)Nc2c(C)cccc2C(C)C)ccc1=O. The number of carbonyl (C=O) groups excluding carboxylic acids is 1. The maximum Gasteiger partial charge on any atom is 0.276 e. The van der Waals surface area contributed by atoms with E-state index in [1.807, 2.05) is 32.0 Å². The highest BCUT2D eigenvalue weighted by Gasteiger charge is 2.15. The molecule has 5 nitrogen and oxygen atoms in total. The average Bonchev–Trinajstić information content (AvgIpc) is 2.51. The van der Waals surface area contributed by atoms with Crippen LogP contribution in [-0.4, -0.2) is 15.7 Å². The van der Waals surface area contributed by atoms with E-state index in [1.165, 1.54) is 16.8 Å². The van der Waals surface area contributed by atoms with Gasteiger partial charge in [-0.05, 0) is 36.5 Å². The molecule has 0 saturated heterocycles. The van der Waals surface area contributed by atoms with Crippen molar-refractivity contribution in [1.29, 1.82) is 0 Å². The van der Waals surface area contributed by atoms with Crippen LogP contribution in [0, 0.1) is 6.92 Å². The van der Waals surface area contributed by atoms with Gasteiger partial charge in [0.25, 0.3) is 11.5 Å². The molecule has 0 spiro atoms. The van der Waals surface area contributed by atoms with Crippen molar-refractivity contribution in [3.05, 3.63) is 57.5 Å². The van der Waals surface area contributed by atoms with Crippen molar-refractivity contribution in [1.82, 2.24) is 9.78 Å². The van der Waals surface area contributed by atoms with Crippen molar-refractivity contribution in [2.45, 2.75) is 46.6 Å². The van der Waals surface area contributed by atoms with Crippen LogP contribution in [0.3, 0.4) is 0 Å². The van der Waals surface area contributed by atoms with E-state index in [0.29, 0.717) is 12.5 Å². The third kappa shape index (κ3) is 3.86. The molecule has 1 aromatic heterocycles. The van der Waals surface area contributed by atoms with E-state index in [4.69, 9.17) is 0 Å². The van der Waals surface area contributed by atoms with Crippen molar-refractivity contribution in [2.24, 2.45) is 0 Å². The molecule has 0 atom stereocenters. The number of hydrogen-bond acceptors (Lipinski definition) is 3. The second-order valence-corrected chi connectivity index (χ2v) is 5.93. The van der Waals surface area contributed by atoms with Gasteiger partial charge in [0, 0.05) is 18.3 Å². The number of nitrogens with zero attached hydrogens (tertiary/aromatic N) is 2. The van der Waals surface area contributed by atoms with Crippen molar-refractivity contribution in [3.8, 4) is 0 Å². The molecule has 23 heavy (non-hydrogen) atoms. The lowest BCUT2D eigenvalue weighted by Gasteiger charge is -2.16. The minimum Gasteiger partial charge on any atom is -0.320 e. The molecule has 1 amide bonds. The Hall–Kier alpha value is -2.43. The molecule has 0 saturated carbocycles. The number of aromatic nitrogens is 2. The first-order valence-electron chi connectivity index (χ1n) is 7.93. The zero-order chi connectivity index (χ0) is 17.0. The molecule has 1 heterocycles. The van der Waals surface area contributed by atoms with Crippen LogP contribution >= 0.6 is 0 Å². The van der Waals surface area contributed by atoms with Crippen LogP contribution in [0.4, 0.5) is 5.69 Å². The molecule has 0 radical (unpaired) electrons. The molecule has 0 aliphatic heterocycles. The average molecular weight is 313 g/mol. The van der Waals surface area contributed by atoms with Gasteiger partial charge >= 0.3 is 0 Å². The number of carbonyl (C=O) groups is 1. The van der Waals surface area contributed by atoms with Crippen LogP contribution in [0.2, 0.25) is 0 Å². The lowest BCUT2D eigenvalue weighted by Crippen LogP contribution is -2.26. The van der Waals surface area contributed by atoms with Gasteiger partial charge < -0.3 is 5.32 Å². The fourth-order valence-corrected chi connectivity index (χ4v) is 2.46. The van der Waals surface area contributed by atoms with Gasteiger partial charge in [-0.15, -0.1) is 0 Å². The zero-order valence-corrected chi connectivity index (χ0v) is 14.1. The maximum atomic E-state index is 12.5. The Labute approximate surface area is 136 Å². The van der Waals surface area contributed by atoms with Crippen molar-refractivity contribution in [3.63, 3.8) is 0 Å². The van der Waals surface area contributed by atoms with Gasteiger partial charge in [0.2, 0.25) is 0 Å². The molecule has 0 fully saturated rings. The first-order valence-corrected chi connectivity index (χ1v) is 7.93. The standard InChI is InChI=1S/C18H23N3O2/c1-5-11-21-16(22)10-9-15(20-21)18(23)19-17-13(4)7-6-8-14(17)12(2)3/h6-10,12H,5,11H2,1-4H3,(H,19,23). The first kappa shape index (κ1) is 16.9. The zero-order valence-electron chi connectivity index (χ0n) is 14.1. The van der Waals surface area contributed by atoms with Crippen molar-refractivity contribution < 1.29 is 4.79 Å². The number of hydrogen-bond donors (Lipinski definition) is 1. The Balaban J connectivity index is 2.33. The maximum absolute atomic E-state index is 12.5. The molecule has 2 aromatic rings. The summed E-state index contributed by atoms with van der Waals surface area (Å²) in [4.78, 5) is 24.2. The van der Waals surface area contributed by atoms with E-state index in [1.54, 1.807) is 0 Å². The molecule has 2 rings (SSSR count). The van der Waals surface area contributed by atoms with Gasteiger partial charge in [0.1, 0.15) is 5.69 Å². The van der Waals surface area contributed by atoms with Gasteiger partial charge in [0.15, 0.2) is 0 Å². The van der Waals surface area contributed by atoms with Gasteiger partial charge in [-0.2, -0.15) is 5.10 Å². The molecular formula is C18H23N3O2. The van der Waals surface area contributed by atoms with Crippen molar-refractivity contribution in [2.75, 3.05) is 5.32 Å².